The largest absolute Gasteiger partial charge is 0.371 e. The fraction of sp³-hybridized carbons (Fsp3) is 0.667. The summed E-state index contributed by atoms with van der Waals surface area (Å²) in [6, 6.07) is 2.05. The Bertz CT molecular complexity index is 524. The van der Waals surface area contributed by atoms with Crippen molar-refractivity contribution in [3.63, 3.8) is 0 Å². The van der Waals surface area contributed by atoms with Crippen molar-refractivity contribution in [1.82, 2.24) is 19.8 Å². The molecule has 2 fully saturated rings. The molecule has 0 aliphatic carbocycles. The standard InChI is InChI=1S/C15H23N5O2/c1-19(2)14(21)20-8-3-5-15(11-20)9-12(10-22-15)18-13-16-6-4-7-17-13/h4,6-7,12H,3,5,8-11H2,1-2H3,(H,16,17,18)/t12-,15-/m0/s1. The maximum absolute atomic E-state index is 12.2. The van der Waals surface area contributed by atoms with E-state index in [0.29, 0.717) is 19.1 Å². The summed E-state index contributed by atoms with van der Waals surface area (Å²) in [4.78, 5) is 24.1. The van der Waals surface area contributed by atoms with Gasteiger partial charge < -0.3 is 19.9 Å². The van der Waals surface area contributed by atoms with Crippen molar-refractivity contribution in [2.45, 2.75) is 30.9 Å². The van der Waals surface area contributed by atoms with Gasteiger partial charge in [-0.2, -0.15) is 0 Å². The number of nitrogens with one attached hydrogen (secondary N) is 1. The van der Waals surface area contributed by atoms with E-state index in [2.05, 4.69) is 15.3 Å². The van der Waals surface area contributed by atoms with Crippen molar-refractivity contribution in [3.05, 3.63) is 18.5 Å². The number of rotatable bonds is 2. The van der Waals surface area contributed by atoms with Gasteiger partial charge in [-0.05, 0) is 18.9 Å². The first-order chi connectivity index (χ1) is 10.6. The van der Waals surface area contributed by atoms with Gasteiger partial charge in [0.1, 0.15) is 0 Å². The maximum atomic E-state index is 12.2. The zero-order chi connectivity index (χ0) is 15.6. The Kier molecular flexibility index (Phi) is 4.15. The molecule has 0 bridgehead atoms. The van der Waals surface area contributed by atoms with Crippen molar-refractivity contribution >= 4 is 12.0 Å². The average Bonchev–Trinajstić information content (AvgIpc) is 2.89. The number of hydrogen-bond donors (Lipinski definition) is 1. The summed E-state index contributed by atoms with van der Waals surface area (Å²) in [7, 11) is 3.58. The third kappa shape index (κ3) is 3.14. The Morgan fingerprint density at radius 1 is 1.45 bits per heavy atom. The SMILES string of the molecule is CN(C)C(=O)N1CCC[C@]2(C[C@H](Nc3ncccn3)CO2)C1. The van der Waals surface area contributed by atoms with Crippen LogP contribution in [0.25, 0.3) is 0 Å². The third-order valence-corrected chi connectivity index (χ3v) is 4.30. The van der Waals surface area contributed by atoms with Crippen LogP contribution in [0.1, 0.15) is 19.3 Å². The first-order valence-corrected chi connectivity index (χ1v) is 7.72. The molecule has 2 atom stereocenters. The number of piperidine rings is 1. The van der Waals surface area contributed by atoms with E-state index in [9.17, 15) is 4.79 Å². The van der Waals surface area contributed by atoms with Gasteiger partial charge in [-0.15, -0.1) is 0 Å². The second-order valence-electron chi connectivity index (χ2n) is 6.31. The molecule has 0 aromatic carbocycles. The lowest BCUT2D eigenvalue weighted by atomic mass is 9.89. The summed E-state index contributed by atoms with van der Waals surface area (Å²) in [5.74, 6) is 0.630. The Balaban J connectivity index is 1.62. The highest BCUT2D eigenvalue weighted by molar-refractivity contribution is 5.74. The lowest BCUT2D eigenvalue weighted by Crippen LogP contribution is -2.52. The predicted octanol–water partition coefficient (Wildman–Crippen LogP) is 1.19. The second kappa shape index (κ2) is 6.08. The first-order valence-electron chi connectivity index (χ1n) is 7.72. The van der Waals surface area contributed by atoms with Crippen molar-refractivity contribution in [1.29, 1.82) is 0 Å². The van der Waals surface area contributed by atoms with Gasteiger partial charge in [-0.3, -0.25) is 0 Å². The van der Waals surface area contributed by atoms with E-state index >= 15 is 0 Å². The highest BCUT2D eigenvalue weighted by atomic mass is 16.5. The number of amides is 2. The van der Waals surface area contributed by atoms with E-state index in [-0.39, 0.29) is 17.7 Å². The molecule has 1 aromatic heterocycles. The Labute approximate surface area is 130 Å². The van der Waals surface area contributed by atoms with Crippen LogP contribution in [0.4, 0.5) is 10.7 Å². The van der Waals surface area contributed by atoms with Gasteiger partial charge in [0.05, 0.1) is 24.8 Å². The van der Waals surface area contributed by atoms with Crippen molar-refractivity contribution in [3.8, 4) is 0 Å². The number of nitrogens with zero attached hydrogens (tertiary/aromatic N) is 4. The van der Waals surface area contributed by atoms with Gasteiger partial charge >= 0.3 is 6.03 Å². The van der Waals surface area contributed by atoms with Gasteiger partial charge in [-0.25, -0.2) is 14.8 Å². The molecule has 22 heavy (non-hydrogen) atoms. The number of hydrogen-bond acceptors (Lipinski definition) is 5. The smallest absolute Gasteiger partial charge is 0.319 e. The van der Waals surface area contributed by atoms with Crippen molar-refractivity contribution in [2.24, 2.45) is 0 Å². The molecule has 7 heteroatoms. The molecule has 2 amide bonds. The molecule has 120 valence electrons. The predicted molar refractivity (Wildman–Crippen MR) is 82.6 cm³/mol. The summed E-state index contributed by atoms with van der Waals surface area (Å²) in [5.41, 5.74) is -0.226. The summed E-state index contributed by atoms with van der Waals surface area (Å²) in [6.45, 7) is 2.10. The molecule has 1 N–H and O–H groups in total. The molecule has 0 unspecified atom stereocenters. The zero-order valence-electron chi connectivity index (χ0n) is 13.2. The van der Waals surface area contributed by atoms with E-state index in [0.717, 1.165) is 25.8 Å². The van der Waals surface area contributed by atoms with Gasteiger partial charge in [0.25, 0.3) is 0 Å². The molecular weight excluding hydrogens is 282 g/mol. The van der Waals surface area contributed by atoms with Gasteiger partial charge in [0, 0.05) is 39.5 Å². The average molecular weight is 305 g/mol. The molecule has 1 spiro atoms. The zero-order valence-corrected chi connectivity index (χ0v) is 13.2. The lowest BCUT2D eigenvalue weighted by molar-refractivity contribution is -0.0430. The van der Waals surface area contributed by atoms with Gasteiger partial charge in [0.2, 0.25) is 5.95 Å². The molecule has 2 saturated heterocycles. The molecule has 7 nitrogen and oxygen atoms in total. The molecule has 2 aliphatic rings. The number of urea groups is 1. The van der Waals surface area contributed by atoms with Crippen LogP contribution in [0.15, 0.2) is 18.5 Å². The lowest BCUT2D eigenvalue weighted by Gasteiger charge is -2.40. The van der Waals surface area contributed by atoms with Crippen LogP contribution in [-0.4, -0.2) is 71.2 Å². The fourth-order valence-corrected chi connectivity index (χ4v) is 3.32. The highest BCUT2D eigenvalue weighted by Crippen LogP contribution is 2.35. The minimum atomic E-state index is -0.226. The molecule has 3 heterocycles. The van der Waals surface area contributed by atoms with Crippen LogP contribution >= 0.6 is 0 Å². The number of ether oxygens (including phenoxy) is 1. The Hall–Kier alpha value is -1.89. The second-order valence-corrected chi connectivity index (χ2v) is 6.31. The minimum absolute atomic E-state index is 0.0606. The minimum Gasteiger partial charge on any atom is -0.371 e. The molecule has 1 aromatic rings. The summed E-state index contributed by atoms with van der Waals surface area (Å²) in [5, 5.41) is 3.32. The number of likely N-dealkylation sites (tertiary alicyclic amines) is 1. The topological polar surface area (TPSA) is 70.6 Å². The number of aromatic nitrogens is 2. The molecule has 0 radical (unpaired) electrons. The highest BCUT2D eigenvalue weighted by Gasteiger charge is 2.44. The van der Waals surface area contributed by atoms with Crippen molar-refractivity contribution in [2.75, 3.05) is 39.1 Å². The van der Waals surface area contributed by atoms with E-state index < -0.39 is 0 Å². The van der Waals surface area contributed by atoms with Crippen LogP contribution in [-0.2, 0) is 4.74 Å². The van der Waals surface area contributed by atoms with Crippen LogP contribution in [0, 0.1) is 0 Å². The Morgan fingerprint density at radius 3 is 2.95 bits per heavy atom. The van der Waals surface area contributed by atoms with Crippen LogP contribution in [0.5, 0.6) is 0 Å². The monoisotopic (exact) mass is 305 g/mol. The van der Waals surface area contributed by atoms with E-state index in [1.54, 1.807) is 37.5 Å². The van der Waals surface area contributed by atoms with E-state index in [1.807, 2.05) is 4.90 Å². The van der Waals surface area contributed by atoms with Crippen molar-refractivity contribution < 1.29 is 9.53 Å². The number of carbonyl (C=O) groups excluding carboxylic acids is 1. The summed E-state index contributed by atoms with van der Waals surface area (Å²) >= 11 is 0. The fourth-order valence-electron chi connectivity index (χ4n) is 3.32. The summed E-state index contributed by atoms with van der Waals surface area (Å²) < 4.78 is 6.10. The summed E-state index contributed by atoms with van der Waals surface area (Å²) in [6.07, 6.45) is 6.30. The van der Waals surface area contributed by atoms with E-state index in [1.165, 1.54) is 0 Å². The maximum Gasteiger partial charge on any atom is 0.319 e. The van der Waals surface area contributed by atoms with Gasteiger partial charge in [0.15, 0.2) is 0 Å². The third-order valence-electron chi connectivity index (χ3n) is 4.30. The normalized spacial score (nSPS) is 27.9. The van der Waals surface area contributed by atoms with E-state index in [4.69, 9.17) is 4.74 Å². The molecular formula is C15H23N5O2. The quantitative estimate of drug-likeness (QED) is 0.889. The number of anilines is 1. The van der Waals surface area contributed by atoms with Crippen LogP contribution in [0.3, 0.4) is 0 Å². The number of carbonyl (C=O) groups is 1. The van der Waals surface area contributed by atoms with Crippen LogP contribution < -0.4 is 5.32 Å². The first kappa shape index (κ1) is 15.0. The molecule has 2 aliphatic heterocycles. The van der Waals surface area contributed by atoms with Crippen LogP contribution in [0.2, 0.25) is 0 Å². The molecule has 3 rings (SSSR count). The Morgan fingerprint density at radius 2 is 2.23 bits per heavy atom. The van der Waals surface area contributed by atoms with Gasteiger partial charge in [-0.1, -0.05) is 0 Å². The molecule has 0 saturated carbocycles.